The van der Waals surface area contributed by atoms with E-state index in [1.807, 2.05) is 19.9 Å². The van der Waals surface area contributed by atoms with Crippen LogP contribution in [0.2, 0.25) is 0 Å². The molecule has 3 heterocycles. The summed E-state index contributed by atoms with van der Waals surface area (Å²) in [6.45, 7) is 15.5. The van der Waals surface area contributed by atoms with Crippen LogP contribution in [-0.4, -0.2) is 147 Å². The molecule has 0 unspecified atom stereocenters. The number of aliphatic hydroxyl groups is 3. The van der Waals surface area contributed by atoms with Crippen molar-refractivity contribution in [1.29, 1.82) is 0 Å². The molecule has 4 N–H and O–H groups in total. The number of piperidine rings is 1. The van der Waals surface area contributed by atoms with Crippen LogP contribution in [0.1, 0.15) is 139 Å². The van der Waals surface area contributed by atoms with E-state index in [1.54, 1.807) is 86.0 Å². The van der Waals surface area contributed by atoms with Crippen LogP contribution in [0.4, 0.5) is 4.79 Å². The number of esters is 1. The molecule has 1 saturated carbocycles. The number of rotatable bonds is 7. The summed E-state index contributed by atoms with van der Waals surface area (Å²) in [7, 11) is 2.90. The quantitative estimate of drug-likeness (QED) is 0.0677. The fraction of sp³-hybridized carbons (Fsp3) is 0.741. The minimum atomic E-state index is -2.62. The first kappa shape index (κ1) is 59.5. The highest BCUT2D eigenvalue weighted by molar-refractivity contribution is 6.39. The van der Waals surface area contributed by atoms with Crippen molar-refractivity contribution >= 4 is 35.3 Å². The largest absolute Gasteiger partial charge is 0.460 e. The van der Waals surface area contributed by atoms with Gasteiger partial charge in [0.1, 0.15) is 30.1 Å². The molecule has 0 spiro atoms. The third kappa shape index (κ3) is 15.9. The number of hydroxylamine groups is 2. The second kappa shape index (κ2) is 27.3. The van der Waals surface area contributed by atoms with E-state index in [1.165, 1.54) is 7.11 Å². The Balaban J connectivity index is 1.75. The Labute approximate surface area is 420 Å². The molecule has 4 rings (SSSR count). The highest BCUT2D eigenvalue weighted by Crippen LogP contribution is 2.38. The van der Waals surface area contributed by atoms with Crippen LogP contribution in [-0.2, 0) is 47.7 Å². The zero-order valence-corrected chi connectivity index (χ0v) is 44.0. The third-order valence-electron chi connectivity index (χ3n) is 15.0. The average molecular weight is 1000 g/mol. The van der Waals surface area contributed by atoms with Gasteiger partial charge in [-0.15, -0.1) is 0 Å². The summed E-state index contributed by atoms with van der Waals surface area (Å²) in [5.74, 6) is -8.95. The fourth-order valence-corrected chi connectivity index (χ4v) is 10.5. The molecular weight excluding hydrogens is 917 g/mol. The number of methoxy groups -OCH3 is 2. The zero-order chi connectivity index (χ0) is 52.9. The Morgan fingerprint density at radius 1 is 0.887 bits per heavy atom. The predicted octanol–water partition coefficient (Wildman–Crippen LogP) is 6.77. The molecule has 2 amide bonds. The van der Waals surface area contributed by atoms with Gasteiger partial charge in [0.05, 0.1) is 30.5 Å². The van der Waals surface area contributed by atoms with Crippen LogP contribution in [0, 0.1) is 35.5 Å². The minimum Gasteiger partial charge on any atom is -0.460 e. The van der Waals surface area contributed by atoms with Gasteiger partial charge in [-0.2, -0.15) is 5.06 Å². The molecule has 3 aliphatic heterocycles. The van der Waals surface area contributed by atoms with Crippen molar-refractivity contribution in [2.45, 2.75) is 200 Å². The second-order valence-corrected chi connectivity index (χ2v) is 21.2. The molecule has 17 nitrogen and oxygen atoms in total. The van der Waals surface area contributed by atoms with Gasteiger partial charge in [-0.25, -0.2) is 9.59 Å². The number of carbonyl (C=O) groups excluding carboxylic acids is 6. The normalized spacial score (nSPS) is 37.9. The van der Waals surface area contributed by atoms with Crippen LogP contribution in [0.3, 0.4) is 0 Å². The van der Waals surface area contributed by atoms with Gasteiger partial charge in [0.25, 0.3) is 11.7 Å². The summed E-state index contributed by atoms with van der Waals surface area (Å²) >= 11 is 0. The van der Waals surface area contributed by atoms with E-state index >= 15 is 0 Å². The van der Waals surface area contributed by atoms with E-state index in [0.29, 0.717) is 67.6 Å². The summed E-state index contributed by atoms with van der Waals surface area (Å²) in [5.41, 5.74) is 0.857. The Kier molecular flexibility index (Phi) is 22.8. The number of Topliss-reactive ketones (excluding diaryl/α,β-unsaturated/α-hetero) is 3. The van der Waals surface area contributed by atoms with E-state index in [-0.39, 0.29) is 67.7 Å². The number of amides is 2. The molecule has 71 heavy (non-hydrogen) atoms. The maximum absolute atomic E-state index is 14.5. The number of ether oxygens (including phenoxy) is 5. The van der Waals surface area contributed by atoms with Crippen LogP contribution in [0.5, 0.6) is 0 Å². The number of fused-ring (bicyclic) bond motifs is 3. The summed E-state index contributed by atoms with van der Waals surface area (Å²) in [6, 6.07) is -2.27. The van der Waals surface area contributed by atoms with Crippen molar-refractivity contribution in [3.05, 3.63) is 47.6 Å². The number of nitrogens with zero attached hydrogens (tertiary/aromatic N) is 2. The number of carbonyl (C=O) groups is 6. The van der Waals surface area contributed by atoms with Gasteiger partial charge >= 0.3 is 12.1 Å². The van der Waals surface area contributed by atoms with Crippen molar-refractivity contribution in [3.63, 3.8) is 0 Å². The molecule has 0 aromatic carbocycles. The zero-order valence-electron chi connectivity index (χ0n) is 44.0. The Morgan fingerprint density at radius 2 is 1.59 bits per heavy atom. The number of ketones is 3. The molecule has 2 bridgehead atoms. The Hall–Kier alpha value is -4.10. The SMILES string of the molecule is CO[C@@H]1C[C@H](C[C@@H](C)[C@@H]2CC(=O)[C@H](C)/C=C(\C)[C@@H](O)[C@@H](OC)C(=O)[C@H](C)C[C@H](C)/C=C/C=C/C=C(\C)[C@H](N(O)C(=O)OC(C)C)C[C@@H]3CC[C@@H](C)[C@@](O)(O3)C(=O)C(=O)N3CCCC[C@H]3C(=O)O2)CC[C@H]1O. The first-order valence-corrected chi connectivity index (χ1v) is 25.8. The van der Waals surface area contributed by atoms with Crippen molar-refractivity contribution in [1.82, 2.24) is 9.96 Å². The van der Waals surface area contributed by atoms with E-state index in [0.717, 1.165) is 4.90 Å². The number of hydrogen-bond donors (Lipinski definition) is 4. The number of allylic oxidation sites excluding steroid dienone is 6. The molecule has 17 heteroatoms. The maximum atomic E-state index is 14.5. The van der Waals surface area contributed by atoms with E-state index < -0.39 is 96.0 Å². The van der Waals surface area contributed by atoms with Crippen LogP contribution >= 0.6 is 0 Å². The van der Waals surface area contributed by atoms with Gasteiger partial charge in [0.15, 0.2) is 5.78 Å². The molecule has 0 radical (unpaired) electrons. The van der Waals surface area contributed by atoms with Gasteiger partial charge in [0, 0.05) is 51.4 Å². The molecule has 4 aliphatic rings. The summed E-state index contributed by atoms with van der Waals surface area (Å²) in [6.07, 6.45) is 7.55. The number of cyclic esters (lactones) is 1. The van der Waals surface area contributed by atoms with Gasteiger partial charge < -0.3 is 43.9 Å². The van der Waals surface area contributed by atoms with E-state index in [4.69, 9.17) is 23.7 Å². The monoisotopic (exact) mass is 1000 g/mol. The molecule has 2 saturated heterocycles. The fourth-order valence-electron chi connectivity index (χ4n) is 10.5. The van der Waals surface area contributed by atoms with Crippen LogP contribution in [0.25, 0.3) is 0 Å². The lowest BCUT2D eigenvalue weighted by molar-refractivity contribution is -0.266. The van der Waals surface area contributed by atoms with Crippen molar-refractivity contribution in [3.8, 4) is 0 Å². The van der Waals surface area contributed by atoms with Gasteiger partial charge in [0.2, 0.25) is 5.79 Å². The van der Waals surface area contributed by atoms with Crippen LogP contribution < -0.4 is 0 Å². The van der Waals surface area contributed by atoms with Gasteiger partial charge in [-0.1, -0.05) is 71.1 Å². The molecular formula is C54H84N2O15. The maximum Gasteiger partial charge on any atom is 0.434 e. The lowest BCUT2D eigenvalue weighted by atomic mass is 9.78. The standard InChI is InChI=1S/C54H84N2O15/c1-31(2)69-53(64)56(66)42-29-40-22-20-38(9)54(65,71-40)50(61)51(62)55-24-16-15-19-41(55)52(63)70-45(35(6)27-39-21-23-43(57)46(28-39)67-10)30-44(58)34(5)26-37(8)48(60)49(68-11)47(59)36(7)25-32(3)17-13-12-14-18-33(42)4/h12-14,17-18,26,31-32,34-36,38-43,45-46,48-49,57,60,65-66H,15-16,19-25,27-30H2,1-11H3/b14-12+,17-13+,33-18+,37-26+/t32-,34-,35-,36-,38-,39+,40+,41+,42-,43-,45+,46-,48-,49+,54-/m1/s1. The average Bonchev–Trinajstić information content (AvgIpc) is 3.33. The predicted molar refractivity (Wildman–Crippen MR) is 263 cm³/mol. The molecule has 0 aromatic heterocycles. The number of aliphatic hydroxyl groups excluding tert-OH is 2. The molecule has 1 aliphatic carbocycles. The first-order chi connectivity index (χ1) is 33.4. The van der Waals surface area contributed by atoms with Crippen molar-refractivity contribution in [2.75, 3.05) is 20.8 Å². The minimum absolute atomic E-state index is 0.0124. The highest BCUT2D eigenvalue weighted by Gasteiger charge is 2.53. The molecule has 400 valence electrons. The smallest absolute Gasteiger partial charge is 0.434 e. The van der Waals surface area contributed by atoms with Gasteiger partial charge in [-0.05, 0) is 121 Å². The summed E-state index contributed by atoms with van der Waals surface area (Å²) in [5, 5.41) is 45.8. The van der Waals surface area contributed by atoms with Crippen molar-refractivity contribution < 1.29 is 73.0 Å². The summed E-state index contributed by atoms with van der Waals surface area (Å²) < 4.78 is 28.8. The van der Waals surface area contributed by atoms with E-state index in [9.17, 15) is 49.3 Å². The molecule has 3 fully saturated rings. The lowest BCUT2D eigenvalue weighted by Gasteiger charge is -2.43. The van der Waals surface area contributed by atoms with Gasteiger partial charge in [-0.3, -0.25) is 24.4 Å². The third-order valence-corrected chi connectivity index (χ3v) is 15.0. The Bertz CT molecular complexity index is 1960. The molecule has 0 aromatic rings. The second-order valence-electron chi connectivity index (χ2n) is 21.2. The highest BCUT2D eigenvalue weighted by atomic mass is 16.6. The number of hydrogen-bond acceptors (Lipinski definition) is 15. The lowest BCUT2D eigenvalue weighted by Crippen LogP contribution is -2.61. The first-order valence-electron chi connectivity index (χ1n) is 25.8. The van der Waals surface area contributed by atoms with E-state index in [2.05, 4.69) is 0 Å². The van der Waals surface area contributed by atoms with Crippen LogP contribution in [0.15, 0.2) is 47.6 Å². The summed E-state index contributed by atoms with van der Waals surface area (Å²) in [4.78, 5) is 85.4. The van der Waals surface area contributed by atoms with Crippen molar-refractivity contribution in [2.24, 2.45) is 35.5 Å². The Morgan fingerprint density at radius 3 is 2.25 bits per heavy atom. The molecule has 15 atom stereocenters. The topological polar surface area (TPSA) is 236 Å².